The largest absolute Gasteiger partial charge is 0.489 e. The molecule has 0 atom stereocenters. The van der Waals surface area contributed by atoms with Crippen LogP contribution in [0.1, 0.15) is 57.8 Å². The Balaban J connectivity index is 1.10. The van der Waals surface area contributed by atoms with Crippen LogP contribution in [0, 0.1) is 11.8 Å². The maximum Gasteiger partial charge on any atom is 0.223 e. The van der Waals surface area contributed by atoms with Crippen molar-refractivity contribution in [3.05, 3.63) is 28.2 Å². The van der Waals surface area contributed by atoms with Crippen LogP contribution in [-0.2, 0) is 9.53 Å². The van der Waals surface area contributed by atoms with Crippen LogP contribution in [0.2, 0.25) is 10.0 Å². The molecule has 1 aliphatic carbocycles. The maximum atomic E-state index is 12.5. The van der Waals surface area contributed by atoms with Crippen molar-refractivity contribution in [3.8, 4) is 5.75 Å². The number of ether oxygens (including phenoxy) is 2. The summed E-state index contributed by atoms with van der Waals surface area (Å²) in [7, 11) is 0. The SMILES string of the molecule is O=C(N[C@H]1CC[C@H](CCN2CCC(Oc3cccc(Cl)c3Cl)CC2)CC1)C1CCOCC1. The van der Waals surface area contributed by atoms with Gasteiger partial charge < -0.3 is 19.7 Å². The van der Waals surface area contributed by atoms with Gasteiger partial charge in [-0.3, -0.25) is 4.79 Å². The van der Waals surface area contributed by atoms with Crippen molar-refractivity contribution in [3.63, 3.8) is 0 Å². The Morgan fingerprint density at radius 2 is 1.75 bits per heavy atom. The molecule has 1 aromatic rings. The summed E-state index contributed by atoms with van der Waals surface area (Å²) < 4.78 is 11.5. The van der Waals surface area contributed by atoms with E-state index < -0.39 is 0 Å². The second-order valence-electron chi connectivity index (χ2n) is 9.61. The predicted octanol–water partition coefficient (Wildman–Crippen LogP) is 5.33. The summed E-state index contributed by atoms with van der Waals surface area (Å²) in [5.74, 6) is 1.88. The number of hydrogen-bond acceptors (Lipinski definition) is 4. The molecule has 178 valence electrons. The second-order valence-corrected chi connectivity index (χ2v) is 10.4. The van der Waals surface area contributed by atoms with Crippen LogP contribution >= 0.6 is 23.2 Å². The Morgan fingerprint density at radius 3 is 2.47 bits per heavy atom. The van der Waals surface area contributed by atoms with Gasteiger partial charge in [0, 0.05) is 38.3 Å². The number of piperidine rings is 1. The summed E-state index contributed by atoms with van der Waals surface area (Å²) in [5, 5.41) is 4.36. The van der Waals surface area contributed by atoms with E-state index in [2.05, 4.69) is 10.2 Å². The summed E-state index contributed by atoms with van der Waals surface area (Å²) in [4.78, 5) is 15.0. The molecule has 1 saturated carbocycles. The zero-order chi connectivity index (χ0) is 22.3. The summed E-state index contributed by atoms with van der Waals surface area (Å²) in [6, 6.07) is 5.92. The van der Waals surface area contributed by atoms with Gasteiger partial charge >= 0.3 is 0 Å². The number of carbonyl (C=O) groups excluding carboxylic acids is 1. The molecule has 4 rings (SSSR count). The first kappa shape index (κ1) is 24.1. The van der Waals surface area contributed by atoms with Gasteiger partial charge in [-0.2, -0.15) is 0 Å². The number of carbonyl (C=O) groups is 1. The van der Waals surface area contributed by atoms with Crippen molar-refractivity contribution >= 4 is 29.1 Å². The number of rotatable bonds is 7. The van der Waals surface area contributed by atoms with Crippen LogP contribution in [0.15, 0.2) is 18.2 Å². The molecule has 3 fully saturated rings. The topological polar surface area (TPSA) is 50.8 Å². The molecule has 1 amide bonds. The molecule has 2 heterocycles. The van der Waals surface area contributed by atoms with Crippen LogP contribution in [0.5, 0.6) is 5.75 Å². The second kappa shape index (κ2) is 11.9. The molecular formula is C25H36Cl2N2O3. The van der Waals surface area contributed by atoms with Gasteiger partial charge in [0.1, 0.15) is 16.9 Å². The zero-order valence-electron chi connectivity index (χ0n) is 18.9. The van der Waals surface area contributed by atoms with E-state index in [9.17, 15) is 4.79 Å². The molecule has 7 heteroatoms. The Labute approximate surface area is 202 Å². The van der Waals surface area contributed by atoms with Gasteiger partial charge in [-0.15, -0.1) is 0 Å². The van der Waals surface area contributed by atoms with E-state index in [0.717, 1.165) is 77.3 Å². The summed E-state index contributed by atoms with van der Waals surface area (Å²) in [5.41, 5.74) is 0. The molecule has 2 saturated heterocycles. The Kier molecular flexibility index (Phi) is 8.98. The number of halogens is 2. The van der Waals surface area contributed by atoms with Crippen molar-refractivity contribution in [2.24, 2.45) is 11.8 Å². The highest BCUT2D eigenvalue weighted by atomic mass is 35.5. The van der Waals surface area contributed by atoms with Gasteiger partial charge in [-0.25, -0.2) is 0 Å². The number of nitrogens with zero attached hydrogens (tertiary/aromatic N) is 1. The highest BCUT2D eigenvalue weighted by Gasteiger charge is 2.28. The van der Waals surface area contributed by atoms with E-state index in [0.29, 0.717) is 21.8 Å². The lowest BCUT2D eigenvalue weighted by molar-refractivity contribution is -0.128. The van der Waals surface area contributed by atoms with E-state index in [4.69, 9.17) is 32.7 Å². The summed E-state index contributed by atoms with van der Waals surface area (Å²) in [6.45, 7) is 4.75. The highest BCUT2D eigenvalue weighted by molar-refractivity contribution is 6.42. The molecule has 0 radical (unpaired) electrons. The van der Waals surface area contributed by atoms with Gasteiger partial charge in [0.25, 0.3) is 0 Å². The van der Waals surface area contributed by atoms with Crippen molar-refractivity contribution in [1.29, 1.82) is 0 Å². The third-order valence-electron chi connectivity index (χ3n) is 7.38. The number of benzene rings is 1. The molecule has 3 aliphatic rings. The fraction of sp³-hybridized carbons (Fsp3) is 0.720. The number of nitrogens with one attached hydrogen (secondary N) is 1. The molecule has 0 aromatic heterocycles. The Morgan fingerprint density at radius 1 is 1.03 bits per heavy atom. The van der Waals surface area contributed by atoms with Crippen LogP contribution in [0.25, 0.3) is 0 Å². The van der Waals surface area contributed by atoms with Crippen molar-refractivity contribution in [2.75, 3.05) is 32.8 Å². The third-order valence-corrected chi connectivity index (χ3v) is 8.18. The summed E-state index contributed by atoms with van der Waals surface area (Å²) in [6.07, 6.45) is 9.94. The summed E-state index contributed by atoms with van der Waals surface area (Å²) >= 11 is 12.4. The van der Waals surface area contributed by atoms with Gasteiger partial charge in [0.05, 0.1) is 5.02 Å². The highest BCUT2D eigenvalue weighted by Crippen LogP contribution is 2.33. The zero-order valence-corrected chi connectivity index (χ0v) is 20.4. The lowest BCUT2D eigenvalue weighted by Crippen LogP contribution is -2.43. The maximum absolute atomic E-state index is 12.5. The third kappa shape index (κ3) is 6.75. The Hall–Kier alpha value is -1.01. The molecule has 5 nitrogen and oxygen atoms in total. The minimum Gasteiger partial charge on any atom is -0.489 e. The minimum absolute atomic E-state index is 0.156. The Bertz CT molecular complexity index is 741. The molecule has 1 aromatic carbocycles. The molecular weight excluding hydrogens is 447 g/mol. The lowest BCUT2D eigenvalue weighted by atomic mass is 9.83. The van der Waals surface area contributed by atoms with E-state index in [1.807, 2.05) is 12.1 Å². The fourth-order valence-corrected chi connectivity index (χ4v) is 5.58. The molecule has 32 heavy (non-hydrogen) atoms. The molecule has 1 N–H and O–H groups in total. The van der Waals surface area contributed by atoms with Gasteiger partial charge in [0.2, 0.25) is 5.91 Å². The lowest BCUT2D eigenvalue weighted by Gasteiger charge is -2.35. The molecule has 2 aliphatic heterocycles. The van der Waals surface area contributed by atoms with E-state index in [1.54, 1.807) is 6.07 Å². The quantitative estimate of drug-likeness (QED) is 0.570. The first-order chi connectivity index (χ1) is 15.6. The smallest absolute Gasteiger partial charge is 0.223 e. The fourth-order valence-electron chi connectivity index (χ4n) is 5.24. The number of likely N-dealkylation sites (tertiary alicyclic amines) is 1. The van der Waals surface area contributed by atoms with Gasteiger partial charge in [0.15, 0.2) is 0 Å². The van der Waals surface area contributed by atoms with E-state index >= 15 is 0 Å². The van der Waals surface area contributed by atoms with Crippen LogP contribution < -0.4 is 10.1 Å². The molecule has 0 unspecified atom stereocenters. The number of amides is 1. The molecule has 0 bridgehead atoms. The number of hydrogen-bond donors (Lipinski definition) is 1. The normalized spacial score (nSPS) is 26.1. The first-order valence-electron chi connectivity index (χ1n) is 12.3. The van der Waals surface area contributed by atoms with Gasteiger partial charge in [-0.05, 0) is 82.4 Å². The van der Waals surface area contributed by atoms with Crippen molar-refractivity contribution < 1.29 is 14.3 Å². The monoisotopic (exact) mass is 482 g/mol. The van der Waals surface area contributed by atoms with Crippen LogP contribution in [0.4, 0.5) is 0 Å². The molecule has 0 spiro atoms. The van der Waals surface area contributed by atoms with E-state index in [-0.39, 0.29) is 17.9 Å². The van der Waals surface area contributed by atoms with Crippen LogP contribution in [0.3, 0.4) is 0 Å². The standard InChI is InChI=1S/C25H36Cl2N2O3/c26-22-2-1-3-23(24(22)27)32-21-9-14-29(15-10-21)13-8-18-4-6-20(7-5-18)28-25(30)19-11-16-31-17-12-19/h1-3,18-21H,4-17H2,(H,28,30)/t18-,20-. The van der Waals surface area contributed by atoms with Gasteiger partial charge in [-0.1, -0.05) is 29.3 Å². The minimum atomic E-state index is 0.156. The van der Waals surface area contributed by atoms with Crippen LogP contribution in [-0.4, -0.2) is 55.8 Å². The van der Waals surface area contributed by atoms with E-state index in [1.165, 1.54) is 19.3 Å². The average molecular weight is 483 g/mol. The van der Waals surface area contributed by atoms with Crippen molar-refractivity contribution in [1.82, 2.24) is 10.2 Å². The first-order valence-corrected chi connectivity index (χ1v) is 13.0. The predicted molar refractivity (Wildman–Crippen MR) is 129 cm³/mol. The average Bonchev–Trinajstić information content (AvgIpc) is 2.83. The van der Waals surface area contributed by atoms with Crippen molar-refractivity contribution in [2.45, 2.75) is 69.9 Å².